The number of sulfonamides is 2. The summed E-state index contributed by atoms with van der Waals surface area (Å²) in [6, 6.07) is 11.1. The maximum absolute atomic E-state index is 13.5. The van der Waals surface area contributed by atoms with E-state index in [4.69, 9.17) is 4.42 Å². The van der Waals surface area contributed by atoms with Crippen LogP contribution in [0, 0.1) is 6.92 Å². The second-order valence-electron chi connectivity index (χ2n) is 11.0. The Morgan fingerprint density at radius 3 is 2.33 bits per heavy atom. The minimum atomic E-state index is -3.64. The molecule has 5 rings (SSSR count). The molecule has 0 bridgehead atoms. The van der Waals surface area contributed by atoms with E-state index in [1.807, 2.05) is 37.3 Å². The van der Waals surface area contributed by atoms with Gasteiger partial charge in [-0.05, 0) is 50.2 Å². The van der Waals surface area contributed by atoms with Crippen LogP contribution in [0.2, 0.25) is 0 Å². The molecule has 1 aliphatic carbocycles. The third-order valence-corrected chi connectivity index (χ3v) is 11.9. The van der Waals surface area contributed by atoms with E-state index >= 15 is 0 Å². The third kappa shape index (κ3) is 5.26. The standard InChI is InChI=1S/C29H37N3O6S2/c1-19-11-13-20(14-12-19)28-27(29(33)30-2)24-16-23(25(17-26(24)38-28)31(3)39(4,34)35)21-8-7-15-32(18-21)40(36,37)22-9-5-6-10-22/h11-14,16-17,21-22H,5-10,15,18H2,1-4H3,(H,30,33)/t21-/m0/s1. The van der Waals surface area contributed by atoms with Gasteiger partial charge in [-0.15, -0.1) is 0 Å². The van der Waals surface area contributed by atoms with E-state index in [0.717, 1.165) is 30.2 Å². The van der Waals surface area contributed by atoms with Gasteiger partial charge < -0.3 is 9.73 Å². The Morgan fingerprint density at radius 1 is 1.02 bits per heavy atom. The van der Waals surface area contributed by atoms with Gasteiger partial charge in [-0.1, -0.05) is 42.7 Å². The molecule has 2 fully saturated rings. The number of rotatable bonds is 7. The lowest BCUT2D eigenvalue weighted by atomic mass is 9.89. The third-order valence-electron chi connectivity index (χ3n) is 8.35. The SMILES string of the molecule is CNC(=O)c1c(-c2ccc(C)cc2)oc2cc(N(C)S(C)(=O)=O)c([C@H]3CCCN(S(=O)(=O)C4CCCC4)C3)cc12. The summed E-state index contributed by atoms with van der Waals surface area (Å²) in [5, 5.41) is 2.92. The van der Waals surface area contributed by atoms with E-state index in [9.17, 15) is 21.6 Å². The number of fused-ring (bicyclic) bond motifs is 1. The monoisotopic (exact) mass is 587 g/mol. The molecule has 1 aromatic heterocycles. The molecule has 9 nitrogen and oxygen atoms in total. The normalized spacial score (nSPS) is 19.2. The van der Waals surface area contributed by atoms with Crippen LogP contribution in [0.3, 0.4) is 0 Å². The van der Waals surface area contributed by atoms with Crippen molar-refractivity contribution in [2.24, 2.45) is 0 Å². The Bertz CT molecular complexity index is 1640. The summed E-state index contributed by atoms with van der Waals surface area (Å²) < 4.78 is 61.4. The van der Waals surface area contributed by atoms with Crippen LogP contribution >= 0.6 is 0 Å². The molecule has 40 heavy (non-hydrogen) atoms. The minimum Gasteiger partial charge on any atom is -0.455 e. The molecule has 0 radical (unpaired) electrons. The molecule has 0 spiro atoms. The molecule has 1 N–H and O–H groups in total. The Labute approximate surface area is 236 Å². The number of carbonyl (C=O) groups is 1. The van der Waals surface area contributed by atoms with E-state index in [0.29, 0.717) is 65.8 Å². The van der Waals surface area contributed by atoms with Crippen molar-refractivity contribution in [2.45, 2.75) is 56.6 Å². The van der Waals surface area contributed by atoms with Crippen LogP contribution in [0.1, 0.15) is 65.9 Å². The molecule has 2 aromatic carbocycles. The second-order valence-corrected chi connectivity index (χ2v) is 15.3. The van der Waals surface area contributed by atoms with Crippen molar-refractivity contribution < 1.29 is 26.0 Å². The van der Waals surface area contributed by atoms with Crippen LogP contribution in [0.4, 0.5) is 5.69 Å². The summed E-state index contributed by atoms with van der Waals surface area (Å²) in [6.07, 6.45) is 5.71. The molecule has 1 amide bonds. The Morgan fingerprint density at radius 2 is 1.70 bits per heavy atom. The largest absolute Gasteiger partial charge is 0.455 e. The molecule has 1 saturated carbocycles. The first kappa shape index (κ1) is 28.6. The van der Waals surface area contributed by atoms with Crippen molar-refractivity contribution in [3.05, 3.63) is 53.1 Å². The highest BCUT2D eigenvalue weighted by Gasteiger charge is 2.38. The van der Waals surface area contributed by atoms with Crippen LogP contribution in [-0.2, 0) is 20.0 Å². The molecule has 2 heterocycles. The quantitative estimate of drug-likeness (QED) is 0.431. The van der Waals surface area contributed by atoms with Gasteiger partial charge >= 0.3 is 0 Å². The second kappa shape index (κ2) is 10.8. The molecule has 3 aromatic rings. The van der Waals surface area contributed by atoms with Gasteiger partial charge in [0.25, 0.3) is 5.91 Å². The van der Waals surface area contributed by atoms with Gasteiger partial charge in [0.05, 0.1) is 22.8 Å². The summed E-state index contributed by atoms with van der Waals surface area (Å²) >= 11 is 0. The van der Waals surface area contributed by atoms with Gasteiger partial charge in [0.1, 0.15) is 11.3 Å². The number of carbonyl (C=O) groups excluding carboxylic acids is 1. The van der Waals surface area contributed by atoms with E-state index in [2.05, 4.69) is 5.32 Å². The average Bonchev–Trinajstić information content (AvgIpc) is 3.60. The van der Waals surface area contributed by atoms with Gasteiger partial charge in [-0.3, -0.25) is 9.10 Å². The number of hydrogen-bond donors (Lipinski definition) is 1. The molecule has 0 unspecified atom stereocenters. The molecular weight excluding hydrogens is 550 g/mol. The van der Waals surface area contributed by atoms with E-state index in [-0.39, 0.29) is 23.6 Å². The average molecular weight is 588 g/mol. The number of piperidine rings is 1. The number of amides is 1. The Balaban J connectivity index is 1.67. The van der Waals surface area contributed by atoms with Gasteiger partial charge in [0.2, 0.25) is 20.0 Å². The molecule has 216 valence electrons. The Kier molecular flexibility index (Phi) is 7.75. The van der Waals surface area contributed by atoms with Crippen molar-refractivity contribution >= 4 is 42.6 Å². The van der Waals surface area contributed by atoms with E-state index < -0.39 is 20.0 Å². The van der Waals surface area contributed by atoms with Gasteiger partial charge in [0.15, 0.2) is 0 Å². The molecule has 1 aliphatic heterocycles. The molecular formula is C29H37N3O6S2. The van der Waals surface area contributed by atoms with Crippen molar-refractivity contribution in [3.8, 4) is 11.3 Å². The number of benzene rings is 2. The van der Waals surface area contributed by atoms with Crippen molar-refractivity contribution in [3.63, 3.8) is 0 Å². The lowest BCUT2D eigenvalue weighted by molar-refractivity contribution is 0.0964. The number of aryl methyl sites for hydroxylation is 1. The number of nitrogens with one attached hydrogen (secondary N) is 1. The zero-order chi connectivity index (χ0) is 28.8. The number of furan rings is 1. The number of anilines is 1. The van der Waals surface area contributed by atoms with Gasteiger partial charge in [-0.2, -0.15) is 0 Å². The molecule has 11 heteroatoms. The fraction of sp³-hybridized carbons (Fsp3) is 0.483. The molecule has 2 aliphatic rings. The van der Waals surface area contributed by atoms with Crippen LogP contribution in [0.5, 0.6) is 0 Å². The summed E-state index contributed by atoms with van der Waals surface area (Å²) in [6.45, 7) is 2.70. The topological polar surface area (TPSA) is 117 Å². The zero-order valence-corrected chi connectivity index (χ0v) is 25.1. The maximum Gasteiger partial charge on any atom is 0.255 e. The Hall–Kier alpha value is -2.89. The van der Waals surface area contributed by atoms with E-state index in [1.165, 1.54) is 11.4 Å². The predicted molar refractivity (Wildman–Crippen MR) is 158 cm³/mol. The fourth-order valence-electron chi connectivity index (χ4n) is 6.01. The summed E-state index contributed by atoms with van der Waals surface area (Å²) in [5.74, 6) is -0.170. The molecule has 1 saturated heterocycles. The first-order valence-electron chi connectivity index (χ1n) is 13.7. The highest BCUT2D eigenvalue weighted by atomic mass is 32.2. The van der Waals surface area contributed by atoms with Crippen molar-refractivity contribution in [1.82, 2.24) is 9.62 Å². The minimum absolute atomic E-state index is 0.246. The summed E-state index contributed by atoms with van der Waals surface area (Å²) in [4.78, 5) is 13.2. The summed E-state index contributed by atoms with van der Waals surface area (Å²) in [7, 11) is -4.05. The number of nitrogens with zero attached hydrogens (tertiary/aromatic N) is 2. The van der Waals surface area contributed by atoms with Crippen molar-refractivity contribution in [1.29, 1.82) is 0 Å². The van der Waals surface area contributed by atoms with Gasteiger partial charge in [-0.25, -0.2) is 21.1 Å². The lowest BCUT2D eigenvalue weighted by Gasteiger charge is -2.35. The smallest absolute Gasteiger partial charge is 0.255 e. The fourth-order valence-corrected chi connectivity index (χ4v) is 8.65. The molecule has 1 atom stereocenters. The summed E-state index contributed by atoms with van der Waals surface area (Å²) in [5.41, 5.74) is 3.65. The highest BCUT2D eigenvalue weighted by Crippen LogP contribution is 2.42. The number of hydrogen-bond acceptors (Lipinski definition) is 6. The van der Waals surface area contributed by atoms with E-state index in [1.54, 1.807) is 17.4 Å². The van der Waals surface area contributed by atoms with Crippen LogP contribution in [0.25, 0.3) is 22.3 Å². The first-order valence-corrected chi connectivity index (χ1v) is 17.1. The lowest BCUT2D eigenvalue weighted by Crippen LogP contribution is -2.43. The van der Waals surface area contributed by atoms with Crippen LogP contribution in [0.15, 0.2) is 40.8 Å². The first-order chi connectivity index (χ1) is 18.9. The van der Waals surface area contributed by atoms with Crippen LogP contribution < -0.4 is 9.62 Å². The van der Waals surface area contributed by atoms with Crippen molar-refractivity contribution in [2.75, 3.05) is 37.7 Å². The predicted octanol–water partition coefficient (Wildman–Crippen LogP) is 4.62. The highest BCUT2D eigenvalue weighted by molar-refractivity contribution is 7.92. The maximum atomic E-state index is 13.5. The van der Waals surface area contributed by atoms with Crippen LogP contribution in [-0.4, -0.2) is 65.7 Å². The zero-order valence-electron chi connectivity index (χ0n) is 23.4. The van der Waals surface area contributed by atoms with Gasteiger partial charge in [0, 0.05) is 44.2 Å².